The minimum Gasteiger partial charge on any atom is -0.494 e. The fourth-order valence-corrected chi connectivity index (χ4v) is 1.22. The summed E-state index contributed by atoms with van der Waals surface area (Å²) in [7, 11) is 0.864. The van der Waals surface area contributed by atoms with Crippen LogP contribution >= 0.6 is 0 Å². The first kappa shape index (κ1) is 14.1. The topological polar surface area (TPSA) is 59.4 Å². The fourth-order valence-electron chi connectivity index (χ4n) is 1.22. The molecule has 0 unspecified atom stereocenters. The third-order valence-electron chi connectivity index (χ3n) is 1.93. The number of pyridine rings is 1. The number of nitrogens with zero attached hydrogens (tertiary/aromatic N) is 1. The van der Waals surface area contributed by atoms with Gasteiger partial charge in [0.2, 0.25) is 0 Å². The first-order valence-corrected chi connectivity index (χ1v) is 4.36. The molecule has 1 aromatic heterocycles. The molecule has 0 radical (unpaired) electrons. The van der Waals surface area contributed by atoms with Crippen molar-refractivity contribution in [3.8, 4) is 5.75 Å². The van der Waals surface area contributed by atoms with Gasteiger partial charge in [-0.25, -0.2) is 18.6 Å². The van der Waals surface area contributed by atoms with Crippen LogP contribution in [0.2, 0.25) is 0 Å². The Morgan fingerprint density at radius 2 is 2.00 bits per heavy atom. The van der Waals surface area contributed by atoms with Crippen molar-refractivity contribution in [2.75, 3.05) is 7.11 Å². The van der Waals surface area contributed by atoms with Crippen LogP contribution < -0.4 is 4.74 Å². The Bertz CT molecular complexity index is 472. The van der Waals surface area contributed by atoms with Crippen molar-refractivity contribution in [1.29, 1.82) is 0 Å². The Hall–Kier alpha value is -1.93. The summed E-state index contributed by atoms with van der Waals surface area (Å²) in [6.45, 7) is 0. The summed E-state index contributed by atoms with van der Waals surface area (Å²) in [5, 5.41) is 8.67. The van der Waals surface area contributed by atoms with Crippen LogP contribution in [0.5, 0.6) is 5.75 Å². The minimum atomic E-state index is -5.03. The van der Waals surface area contributed by atoms with Gasteiger partial charge < -0.3 is 9.84 Å². The zero-order chi connectivity index (χ0) is 14.1. The second kappa shape index (κ2) is 4.75. The van der Waals surface area contributed by atoms with Gasteiger partial charge in [-0.1, -0.05) is 0 Å². The molecule has 1 heterocycles. The van der Waals surface area contributed by atoms with Gasteiger partial charge in [-0.3, -0.25) is 0 Å². The maximum atomic E-state index is 12.5. The van der Waals surface area contributed by atoms with Gasteiger partial charge in [0.05, 0.1) is 7.11 Å². The van der Waals surface area contributed by atoms with Crippen molar-refractivity contribution in [1.82, 2.24) is 4.98 Å². The van der Waals surface area contributed by atoms with Gasteiger partial charge in [-0.05, 0) is 6.07 Å². The molecular formula is C9H6F5NO3. The number of carbonyl (C=O) groups is 1. The fraction of sp³-hybridized carbons (Fsp3) is 0.333. The van der Waals surface area contributed by atoms with E-state index in [4.69, 9.17) is 5.11 Å². The Morgan fingerprint density at radius 3 is 2.33 bits per heavy atom. The number of carboxylic acids is 1. The molecule has 18 heavy (non-hydrogen) atoms. The largest absolute Gasteiger partial charge is 0.494 e. The molecule has 9 heteroatoms. The maximum absolute atomic E-state index is 12.5. The summed E-state index contributed by atoms with van der Waals surface area (Å²) < 4.78 is 66.5. The second-order valence-electron chi connectivity index (χ2n) is 3.08. The van der Waals surface area contributed by atoms with Crippen molar-refractivity contribution in [2.24, 2.45) is 0 Å². The van der Waals surface area contributed by atoms with Gasteiger partial charge in [0.15, 0.2) is 5.75 Å². The highest BCUT2D eigenvalue weighted by atomic mass is 19.4. The van der Waals surface area contributed by atoms with Crippen molar-refractivity contribution in [3.05, 3.63) is 23.0 Å². The summed E-state index contributed by atoms with van der Waals surface area (Å²) in [6.07, 6.45) is -8.42. The summed E-state index contributed by atoms with van der Waals surface area (Å²) in [5.74, 6) is -2.70. The third-order valence-corrected chi connectivity index (χ3v) is 1.93. The number of rotatable bonds is 3. The Labute approximate surface area is 97.0 Å². The van der Waals surface area contributed by atoms with E-state index in [9.17, 15) is 26.7 Å². The maximum Gasteiger partial charge on any atom is 0.433 e. The zero-order valence-corrected chi connectivity index (χ0v) is 8.76. The highest BCUT2D eigenvalue weighted by Crippen LogP contribution is 2.36. The molecule has 4 nitrogen and oxygen atoms in total. The summed E-state index contributed by atoms with van der Waals surface area (Å²) in [5.41, 5.74) is -4.09. The van der Waals surface area contributed by atoms with E-state index in [2.05, 4.69) is 9.72 Å². The number of aromatic nitrogens is 1. The van der Waals surface area contributed by atoms with Gasteiger partial charge in [-0.2, -0.15) is 13.2 Å². The van der Waals surface area contributed by atoms with Crippen LogP contribution in [0.3, 0.4) is 0 Å². The molecule has 1 aromatic rings. The second-order valence-corrected chi connectivity index (χ2v) is 3.08. The van der Waals surface area contributed by atoms with Crippen molar-refractivity contribution in [2.45, 2.75) is 12.6 Å². The van der Waals surface area contributed by atoms with E-state index in [1.54, 1.807) is 0 Å². The molecular weight excluding hydrogens is 265 g/mol. The first-order chi connectivity index (χ1) is 8.18. The van der Waals surface area contributed by atoms with Gasteiger partial charge in [0, 0.05) is 0 Å². The number of hydrogen-bond acceptors (Lipinski definition) is 3. The molecule has 0 saturated carbocycles. The van der Waals surface area contributed by atoms with Gasteiger partial charge >= 0.3 is 12.1 Å². The molecule has 0 saturated heterocycles. The molecule has 0 spiro atoms. The molecule has 1 rings (SSSR count). The van der Waals surface area contributed by atoms with Crippen molar-refractivity contribution in [3.63, 3.8) is 0 Å². The number of hydrogen-bond donors (Lipinski definition) is 1. The number of alkyl halides is 5. The molecule has 0 aliphatic rings. The van der Waals surface area contributed by atoms with Gasteiger partial charge in [0.1, 0.15) is 17.0 Å². The third kappa shape index (κ3) is 2.66. The van der Waals surface area contributed by atoms with Crippen LogP contribution in [-0.2, 0) is 6.18 Å². The van der Waals surface area contributed by atoms with E-state index < -0.39 is 41.3 Å². The normalized spacial score (nSPS) is 11.7. The summed E-state index contributed by atoms with van der Waals surface area (Å²) in [6, 6.07) is 0.146. The van der Waals surface area contributed by atoms with E-state index >= 15 is 0 Å². The van der Waals surface area contributed by atoms with Crippen molar-refractivity contribution >= 4 is 5.97 Å². The highest BCUT2D eigenvalue weighted by Gasteiger charge is 2.36. The van der Waals surface area contributed by atoms with Crippen LogP contribution in [0.15, 0.2) is 6.07 Å². The number of ether oxygens (including phenoxy) is 1. The Kier molecular flexibility index (Phi) is 3.73. The number of carboxylic acid groups (broad SMARTS) is 1. The molecule has 0 aliphatic heterocycles. The lowest BCUT2D eigenvalue weighted by atomic mass is 10.1. The monoisotopic (exact) mass is 271 g/mol. The standard InChI is InChI=1S/C9H6F5NO3/c1-18-6-3(8(16)17)2-4(9(12,13)14)15-5(6)7(10)11/h2,7H,1H3,(H,16,17). The van der Waals surface area contributed by atoms with E-state index in [0.29, 0.717) is 0 Å². The molecule has 0 fully saturated rings. The van der Waals surface area contributed by atoms with E-state index in [1.165, 1.54) is 0 Å². The number of aromatic carboxylic acids is 1. The number of halogens is 5. The molecule has 0 bridgehead atoms. The van der Waals surface area contributed by atoms with E-state index in [-0.39, 0.29) is 6.07 Å². The van der Waals surface area contributed by atoms with Crippen LogP contribution in [0.1, 0.15) is 28.2 Å². The zero-order valence-electron chi connectivity index (χ0n) is 8.76. The summed E-state index contributed by atoms with van der Waals surface area (Å²) >= 11 is 0. The molecule has 1 N–H and O–H groups in total. The van der Waals surface area contributed by atoms with Crippen molar-refractivity contribution < 1.29 is 36.6 Å². The smallest absolute Gasteiger partial charge is 0.433 e. The lowest BCUT2D eigenvalue weighted by molar-refractivity contribution is -0.141. The Balaban J connectivity index is 3.59. The van der Waals surface area contributed by atoms with Crippen LogP contribution in [-0.4, -0.2) is 23.2 Å². The highest BCUT2D eigenvalue weighted by molar-refractivity contribution is 5.91. The molecule has 100 valence electrons. The van der Waals surface area contributed by atoms with Crippen LogP contribution in [0, 0.1) is 0 Å². The quantitative estimate of drug-likeness (QED) is 0.859. The van der Waals surface area contributed by atoms with Crippen LogP contribution in [0.4, 0.5) is 22.0 Å². The van der Waals surface area contributed by atoms with E-state index in [0.717, 1.165) is 7.11 Å². The van der Waals surface area contributed by atoms with E-state index in [1.807, 2.05) is 0 Å². The predicted octanol–water partition coefficient (Wildman–Crippen LogP) is 2.74. The molecule has 0 atom stereocenters. The lowest BCUT2D eigenvalue weighted by Crippen LogP contribution is -2.14. The van der Waals surface area contributed by atoms with Crippen LogP contribution in [0.25, 0.3) is 0 Å². The SMILES string of the molecule is COc1c(C(=O)O)cc(C(F)(F)F)nc1C(F)F. The first-order valence-electron chi connectivity index (χ1n) is 4.36. The predicted molar refractivity (Wildman–Crippen MR) is 47.7 cm³/mol. The molecule has 0 amide bonds. The average molecular weight is 271 g/mol. The average Bonchev–Trinajstić information content (AvgIpc) is 2.25. The molecule has 0 aromatic carbocycles. The van der Waals surface area contributed by atoms with Gasteiger partial charge in [-0.15, -0.1) is 0 Å². The number of methoxy groups -OCH3 is 1. The lowest BCUT2D eigenvalue weighted by Gasteiger charge is -2.13. The molecule has 0 aliphatic carbocycles. The summed E-state index contributed by atoms with van der Waals surface area (Å²) in [4.78, 5) is 13.4. The Morgan fingerprint density at radius 1 is 1.44 bits per heavy atom. The van der Waals surface area contributed by atoms with Gasteiger partial charge in [0.25, 0.3) is 6.43 Å². The minimum absolute atomic E-state index is 0.146.